The third-order valence-corrected chi connectivity index (χ3v) is 3.71. The zero-order valence-corrected chi connectivity index (χ0v) is 11.5. The van der Waals surface area contributed by atoms with E-state index < -0.39 is 0 Å². The lowest BCUT2D eigenvalue weighted by molar-refractivity contribution is -0.0719. The molecule has 3 unspecified atom stereocenters. The molecule has 0 amide bonds. The van der Waals surface area contributed by atoms with E-state index in [1.807, 2.05) is 17.9 Å². The van der Waals surface area contributed by atoms with Gasteiger partial charge in [0.25, 0.3) is 0 Å². The number of nitrogens with two attached hydrogens (primary N) is 1. The molecule has 0 radical (unpaired) electrons. The van der Waals surface area contributed by atoms with E-state index in [0.717, 1.165) is 19.6 Å². The Morgan fingerprint density at radius 3 is 2.94 bits per heavy atom. The molecule has 0 spiro atoms. The first-order valence-electron chi connectivity index (χ1n) is 6.71. The summed E-state index contributed by atoms with van der Waals surface area (Å²) in [5.74, 6) is 0. The molecule has 1 aromatic heterocycles. The average molecular weight is 252 g/mol. The van der Waals surface area contributed by atoms with Crippen LogP contribution in [0.1, 0.15) is 31.9 Å². The van der Waals surface area contributed by atoms with E-state index >= 15 is 0 Å². The van der Waals surface area contributed by atoms with Gasteiger partial charge >= 0.3 is 0 Å². The highest BCUT2D eigenvalue weighted by molar-refractivity contribution is 5.12. The number of nitrogens with zero attached hydrogens (tertiary/aromatic N) is 3. The van der Waals surface area contributed by atoms with E-state index in [-0.39, 0.29) is 12.1 Å². The largest absolute Gasteiger partial charge is 0.376 e. The summed E-state index contributed by atoms with van der Waals surface area (Å²) >= 11 is 0. The second-order valence-electron chi connectivity index (χ2n) is 5.10. The number of hydrogen-bond acceptors (Lipinski definition) is 4. The molecule has 18 heavy (non-hydrogen) atoms. The molecule has 0 saturated carbocycles. The normalized spacial score (nSPS) is 27.3. The molecule has 2 rings (SSSR count). The lowest BCUT2D eigenvalue weighted by Gasteiger charge is -2.42. The van der Waals surface area contributed by atoms with Gasteiger partial charge in [-0.2, -0.15) is 5.10 Å². The lowest BCUT2D eigenvalue weighted by atomic mass is 10.0. The Morgan fingerprint density at radius 1 is 1.61 bits per heavy atom. The van der Waals surface area contributed by atoms with E-state index in [1.165, 1.54) is 5.56 Å². The predicted octanol–water partition coefficient (Wildman–Crippen LogP) is 0.919. The highest BCUT2D eigenvalue weighted by Crippen LogP contribution is 2.26. The van der Waals surface area contributed by atoms with Crippen molar-refractivity contribution in [2.75, 3.05) is 19.7 Å². The average Bonchev–Trinajstić information content (AvgIpc) is 2.77. The molecule has 5 nitrogen and oxygen atoms in total. The van der Waals surface area contributed by atoms with Crippen LogP contribution in [0.5, 0.6) is 0 Å². The zero-order valence-electron chi connectivity index (χ0n) is 11.5. The Bertz CT molecular complexity index is 379. The number of rotatable bonds is 4. The van der Waals surface area contributed by atoms with E-state index in [9.17, 15) is 0 Å². The Kier molecular flexibility index (Phi) is 4.37. The van der Waals surface area contributed by atoms with Crippen LogP contribution in [0.25, 0.3) is 0 Å². The topological polar surface area (TPSA) is 56.3 Å². The molecule has 1 saturated heterocycles. The number of aryl methyl sites for hydroxylation is 1. The second kappa shape index (κ2) is 5.82. The molecule has 1 aliphatic heterocycles. The van der Waals surface area contributed by atoms with Crippen molar-refractivity contribution in [2.24, 2.45) is 12.8 Å². The van der Waals surface area contributed by atoms with Crippen LogP contribution in [0.4, 0.5) is 0 Å². The van der Waals surface area contributed by atoms with Crippen LogP contribution in [0.2, 0.25) is 0 Å². The minimum atomic E-state index is 0.245. The molecular weight excluding hydrogens is 228 g/mol. The van der Waals surface area contributed by atoms with Crippen molar-refractivity contribution < 1.29 is 4.74 Å². The Labute approximate surface area is 109 Å². The number of aromatic nitrogens is 2. The van der Waals surface area contributed by atoms with E-state index in [1.54, 1.807) is 0 Å². The fourth-order valence-corrected chi connectivity index (χ4v) is 2.68. The number of morpholine rings is 1. The van der Waals surface area contributed by atoms with Gasteiger partial charge in [-0.15, -0.1) is 0 Å². The van der Waals surface area contributed by atoms with Crippen molar-refractivity contribution in [2.45, 2.75) is 38.5 Å². The highest BCUT2D eigenvalue weighted by atomic mass is 16.5. The summed E-state index contributed by atoms with van der Waals surface area (Å²) in [5.41, 5.74) is 7.19. The molecule has 3 atom stereocenters. The summed E-state index contributed by atoms with van der Waals surface area (Å²) < 4.78 is 7.58. The van der Waals surface area contributed by atoms with Crippen molar-refractivity contribution in [1.82, 2.24) is 14.7 Å². The molecule has 2 N–H and O–H groups in total. The molecule has 1 aromatic rings. The van der Waals surface area contributed by atoms with Crippen LogP contribution in [0, 0.1) is 0 Å². The summed E-state index contributed by atoms with van der Waals surface area (Å²) in [6.07, 6.45) is 5.34. The number of ether oxygens (including phenoxy) is 1. The monoisotopic (exact) mass is 252 g/mol. The molecule has 102 valence electrons. The van der Waals surface area contributed by atoms with Gasteiger partial charge in [-0.25, -0.2) is 0 Å². The molecular formula is C13H24N4O. The molecule has 1 fully saturated rings. The standard InChI is InChI=1S/C13H24N4O/c1-4-12-9-18-10(2)7-17(12)13(5-14)11-6-15-16(3)8-11/h6,8,10,12-13H,4-5,7,9,14H2,1-3H3. The quantitative estimate of drug-likeness (QED) is 0.865. The SMILES string of the molecule is CCC1COC(C)CN1C(CN)c1cnn(C)c1. The van der Waals surface area contributed by atoms with E-state index in [0.29, 0.717) is 12.6 Å². The van der Waals surface area contributed by atoms with Gasteiger partial charge in [0.2, 0.25) is 0 Å². The van der Waals surface area contributed by atoms with Gasteiger partial charge < -0.3 is 10.5 Å². The van der Waals surface area contributed by atoms with Crippen molar-refractivity contribution >= 4 is 0 Å². The molecule has 5 heteroatoms. The minimum absolute atomic E-state index is 0.245. The molecule has 0 bridgehead atoms. The van der Waals surface area contributed by atoms with Crippen LogP contribution in [0.15, 0.2) is 12.4 Å². The first kappa shape index (κ1) is 13.5. The summed E-state index contributed by atoms with van der Waals surface area (Å²) in [6.45, 7) is 6.68. The summed E-state index contributed by atoms with van der Waals surface area (Å²) in [4.78, 5) is 2.48. The van der Waals surface area contributed by atoms with Crippen LogP contribution in [-0.2, 0) is 11.8 Å². The van der Waals surface area contributed by atoms with Gasteiger partial charge in [-0.05, 0) is 13.3 Å². The first-order chi connectivity index (χ1) is 8.65. The Morgan fingerprint density at radius 2 is 2.39 bits per heavy atom. The van der Waals surface area contributed by atoms with Gasteiger partial charge in [0, 0.05) is 37.9 Å². The van der Waals surface area contributed by atoms with Gasteiger partial charge in [0.1, 0.15) is 0 Å². The molecule has 0 aromatic carbocycles. The Hall–Kier alpha value is -0.910. The summed E-state index contributed by atoms with van der Waals surface area (Å²) in [6, 6.07) is 0.699. The van der Waals surface area contributed by atoms with Crippen molar-refractivity contribution in [3.63, 3.8) is 0 Å². The third-order valence-electron chi connectivity index (χ3n) is 3.71. The fourth-order valence-electron chi connectivity index (χ4n) is 2.68. The maximum Gasteiger partial charge on any atom is 0.0675 e. The van der Waals surface area contributed by atoms with Gasteiger partial charge in [-0.1, -0.05) is 6.92 Å². The van der Waals surface area contributed by atoms with Crippen LogP contribution in [-0.4, -0.2) is 46.5 Å². The first-order valence-corrected chi connectivity index (χ1v) is 6.71. The third kappa shape index (κ3) is 2.74. The zero-order chi connectivity index (χ0) is 13.1. The van der Waals surface area contributed by atoms with Crippen molar-refractivity contribution in [3.8, 4) is 0 Å². The molecule has 1 aliphatic rings. The minimum Gasteiger partial charge on any atom is -0.376 e. The maximum atomic E-state index is 5.99. The smallest absolute Gasteiger partial charge is 0.0675 e. The Balaban J connectivity index is 2.19. The maximum absolute atomic E-state index is 5.99. The lowest BCUT2D eigenvalue weighted by Crippen LogP contribution is -2.51. The van der Waals surface area contributed by atoms with Gasteiger partial charge in [-0.3, -0.25) is 9.58 Å². The molecule has 0 aliphatic carbocycles. The van der Waals surface area contributed by atoms with Crippen molar-refractivity contribution in [3.05, 3.63) is 18.0 Å². The fraction of sp³-hybridized carbons (Fsp3) is 0.769. The van der Waals surface area contributed by atoms with E-state index in [4.69, 9.17) is 10.5 Å². The summed E-state index contributed by atoms with van der Waals surface area (Å²) in [7, 11) is 1.94. The summed E-state index contributed by atoms with van der Waals surface area (Å²) in [5, 5.41) is 4.25. The number of hydrogen-bond donors (Lipinski definition) is 1. The van der Waals surface area contributed by atoms with E-state index in [2.05, 4.69) is 30.0 Å². The second-order valence-corrected chi connectivity index (χ2v) is 5.10. The highest BCUT2D eigenvalue weighted by Gasteiger charge is 2.31. The van der Waals surface area contributed by atoms with Crippen molar-refractivity contribution in [1.29, 1.82) is 0 Å². The molecule has 2 heterocycles. The van der Waals surface area contributed by atoms with Gasteiger partial charge in [0.05, 0.1) is 24.9 Å². The van der Waals surface area contributed by atoms with Crippen LogP contribution in [0.3, 0.4) is 0 Å². The van der Waals surface area contributed by atoms with Crippen LogP contribution < -0.4 is 5.73 Å². The van der Waals surface area contributed by atoms with Gasteiger partial charge in [0.15, 0.2) is 0 Å². The predicted molar refractivity (Wildman–Crippen MR) is 71.2 cm³/mol. The van der Waals surface area contributed by atoms with Crippen LogP contribution >= 0.6 is 0 Å².